The molecule has 1 rings (SSSR count). The average Bonchev–Trinajstić information content (AvgIpc) is 2.67. The van der Waals surface area contributed by atoms with Gasteiger partial charge in [-0.25, -0.2) is 12.7 Å². The van der Waals surface area contributed by atoms with Crippen LogP contribution in [0.1, 0.15) is 39.0 Å². The fourth-order valence-electron chi connectivity index (χ4n) is 1.89. The van der Waals surface area contributed by atoms with Crippen LogP contribution in [0.4, 0.5) is 0 Å². The van der Waals surface area contributed by atoms with Crippen LogP contribution in [0.25, 0.3) is 0 Å². The predicted octanol–water partition coefficient (Wildman–Crippen LogP) is 0.929. The minimum absolute atomic E-state index is 0.118. The quantitative estimate of drug-likeness (QED) is 0.743. The smallest absolute Gasteiger partial charge is 0.215 e. The molecule has 4 nitrogen and oxygen atoms in total. The number of sulfonamides is 1. The molecule has 0 saturated carbocycles. The molecule has 1 heterocycles. The molecule has 1 atom stereocenters. The van der Waals surface area contributed by atoms with Gasteiger partial charge in [-0.15, -0.1) is 0 Å². The Morgan fingerprint density at radius 1 is 1.33 bits per heavy atom. The number of hydrogen-bond donors (Lipinski definition) is 1. The van der Waals surface area contributed by atoms with E-state index in [-0.39, 0.29) is 11.8 Å². The predicted molar refractivity (Wildman–Crippen MR) is 62.1 cm³/mol. The molecule has 1 unspecified atom stereocenters. The van der Waals surface area contributed by atoms with Crippen LogP contribution < -0.4 is 5.73 Å². The van der Waals surface area contributed by atoms with Crippen molar-refractivity contribution in [2.24, 2.45) is 5.73 Å². The van der Waals surface area contributed by atoms with Crippen LogP contribution in [0.15, 0.2) is 0 Å². The fourth-order valence-corrected chi connectivity index (χ4v) is 3.62. The van der Waals surface area contributed by atoms with E-state index in [0.717, 1.165) is 32.1 Å². The summed E-state index contributed by atoms with van der Waals surface area (Å²) in [6.07, 6.45) is 4.87. The van der Waals surface area contributed by atoms with Gasteiger partial charge in [-0.1, -0.05) is 19.8 Å². The summed E-state index contributed by atoms with van der Waals surface area (Å²) in [6, 6.07) is -0.199. The zero-order valence-corrected chi connectivity index (χ0v) is 10.3. The normalized spacial score (nSPS) is 20.7. The van der Waals surface area contributed by atoms with Crippen LogP contribution in [-0.4, -0.2) is 37.6 Å². The van der Waals surface area contributed by atoms with Gasteiger partial charge in [0.15, 0.2) is 0 Å². The second kappa shape index (κ2) is 5.82. The van der Waals surface area contributed by atoms with E-state index < -0.39 is 10.0 Å². The third kappa shape index (κ3) is 4.09. The van der Waals surface area contributed by atoms with E-state index in [1.54, 1.807) is 4.31 Å². The summed E-state index contributed by atoms with van der Waals surface area (Å²) in [6.45, 7) is 3.45. The molecule has 1 aliphatic rings. The molecule has 2 N–H and O–H groups in total. The molecular formula is C10H22N2O2S. The molecule has 5 heteroatoms. The van der Waals surface area contributed by atoms with Crippen molar-refractivity contribution in [1.82, 2.24) is 4.31 Å². The van der Waals surface area contributed by atoms with Gasteiger partial charge < -0.3 is 5.73 Å². The van der Waals surface area contributed by atoms with Gasteiger partial charge in [0, 0.05) is 19.1 Å². The molecule has 1 saturated heterocycles. The number of unbranched alkanes of at least 4 members (excludes halogenated alkanes) is 1. The highest BCUT2D eigenvalue weighted by Gasteiger charge is 2.26. The van der Waals surface area contributed by atoms with E-state index in [2.05, 4.69) is 6.92 Å². The molecule has 0 aromatic carbocycles. The molecule has 0 spiro atoms. The minimum atomic E-state index is -3.08. The molecule has 0 amide bonds. The van der Waals surface area contributed by atoms with Crippen LogP contribution in [0.2, 0.25) is 0 Å². The largest absolute Gasteiger partial charge is 0.327 e. The highest BCUT2D eigenvalue weighted by molar-refractivity contribution is 7.89. The maximum absolute atomic E-state index is 11.9. The van der Waals surface area contributed by atoms with Gasteiger partial charge in [-0.2, -0.15) is 0 Å². The van der Waals surface area contributed by atoms with Crippen molar-refractivity contribution in [2.75, 3.05) is 18.8 Å². The maximum atomic E-state index is 11.9. The van der Waals surface area contributed by atoms with Crippen molar-refractivity contribution in [3.8, 4) is 0 Å². The third-order valence-corrected chi connectivity index (χ3v) is 4.81. The highest BCUT2D eigenvalue weighted by Crippen LogP contribution is 2.14. The van der Waals surface area contributed by atoms with Crippen molar-refractivity contribution in [3.05, 3.63) is 0 Å². The van der Waals surface area contributed by atoms with Crippen molar-refractivity contribution in [1.29, 1.82) is 0 Å². The molecule has 0 aromatic rings. The Balaban J connectivity index is 2.41. The molecular weight excluding hydrogens is 212 g/mol. The fraction of sp³-hybridized carbons (Fsp3) is 1.00. The topological polar surface area (TPSA) is 63.4 Å². The Kier molecular flexibility index (Phi) is 5.02. The van der Waals surface area contributed by atoms with Crippen molar-refractivity contribution >= 4 is 10.0 Å². The zero-order valence-electron chi connectivity index (χ0n) is 9.48. The first kappa shape index (κ1) is 12.9. The van der Waals surface area contributed by atoms with Gasteiger partial charge in [0.05, 0.1) is 5.75 Å². The first-order chi connectivity index (χ1) is 7.06. The maximum Gasteiger partial charge on any atom is 0.215 e. The number of hydrogen-bond acceptors (Lipinski definition) is 3. The molecule has 0 bridgehead atoms. The Morgan fingerprint density at radius 2 is 1.93 bits per heavy atom. The molecule has 0 radical (unpaired) electrons. The second-order valence-corrected chi connectivity index (χ2v) is 6.30. The Bertz CT molecular complexity index is 271. The van der Waals surface area contributed by atoms with Crippen molar-refractivity contribution < 1.29 is 8.42 Å². The molecule has 1 aliphatic heterocycles. The number of rotatable bonds is 6. The van der Waals surface area contributed by atoms with Crippen LogP contribution in [0, 0.1) is 0 Å². The number of nitrogens with zero attached hydrogens (tertiary/aromatic N) is 1. The summed E-state index contributed by atoms with van der Waals surface area (Å²) in [5.41, 5.74) is 5.81. The first-order valence-electron chi connectivity index (χ1n) is 5.79. The zero-order chi connectivity index (χ0) is 11.3. The number of nitrogens with two attached hydrogens (primary N) is 1. The summed E-state index contributed by atoms with van der Waals surface area (Å²) in [7, 11) is -3.08. The van der Waals surface area contributed by atoms with E-state index in [9.17, 15) is 8.42 Å². The Hall–Kier alpha value is -0.130. The van der Waals surface area contributed by atoms with Gasteiger partial charge in [0.1, 0.15) is 0 Å². The van der Waals surface area contributed by atoms with Crippen LogP contribution in [-0.2, 0) is 10.0 Å². The second-order valence-electron chi connectivity index (χ2n) is 4.29. The van der Waals surface area contributed by atoms with Gasteiger partial charge >= 0.3 is 0 Å². The molecule has 90 valence electrons. The molecule has 1 fully saturated rings. The third-order valence-electron chi connectivity index (χ3n) is 2.81. The van der Waals surface area contributed by atoms with Crippen molar-refractivity contribution in [3.63, 3.8) is 0 Å². The summed E-state index contributed by atoms with van der Waals surface area (Å²) in [5, 5.41) is 0. The highest BCUT2D eigenvalue weighted by atomic mass is 32.2. The van der Waals surface area contributed by atoms with Gasteiger partial charge in [-0.3, -0.25) is 0 Å². The van der Waals surface area contributed by atoms with E-state index in [4.69, 9.17) is 5.73 Å². The summed E-state index contributed by atoms with van der Waals surface area (Å²) in [5.74, 6) is 0.118. The van der Waals surface area contributed by atoms with Crippen LogP contribution in [0.3, 0.4) is 0 Å². The minimum Gasteiger partial charge on any atom is -0.327 e. The van der Waals surface area contributed by atoms with Crippen molar-refractivity contribution in [2.45, 2.75) is 45.1 Å². The van der Waals surface area contributed by atoms with Crippen LogP contribution >= 0.6 is 0 Å². The van der Waals surface area contributed by atoms with E-state index in [1.165, 1.54) is 0 Å². The first-order valence-corrected chi connectivity index (χ1v) is 7.40. The lowest BCUT2D eigenvalue weighted by atomic mass is 10.2. The van der Waals surface area contributed by atoms with E-state index in [0.29, 0.717) is 13.1 Å². The van der Waals surface area contributed by atoms with Gasteiger partial charge in [-0.05, 0) is 19.3 Å². The standard InChI is InChI=1S/C10H22N2O2S/c1-2-3-6-10(11)9-15(13,14)12-7-4-5-8-12/h10H,2-9,11H2,1H3. The van der Waals surface area contributed by atoms with E-state index in [1.807, 2.05) is 0 Å². The molecule has 15 heavy (non-hydrogen) atoms. The van der Waals surface area contributed by atoms with E-state index >= 15 is 0 Å². The Morgan fingerprint density at radius 3 is 2.47 bits per heavy atom. The van der Waals surface area contributed by atoms with Gasteiger partial charge in [0.25, 0.3) is 0 Å². The van der Waals surface area contributed by atoms with Gasteiger partial charge in [0.2, 0.25) is 10.0 Å². The SMILES string of the molecule is CCCCC(N)CS(=O)(=O)N1CCCC1. The summed E-state index contributed by atoms with van der Waals surface area (Å²) in [4.78, 5) is 0. The monoisotopic (exact) mass is 234 g/mol. The summed E-state index contributed by atoms with van der Waals surface area (Å²) >= 11 is 0. The average molecular weight is 234 g/mol. The lowest BCUT2D eigenvalue weighted by Gasteiger charge is -2.18. The Labute approximate surface area is 92.9 Å². The lowest BCUT2D eigenvalue weighted by molar-refractivity contribution is 0.469. The molecule has 0 aromatic heterocycles. The summed E-state index contributed by atoms with van der Waals surface area (Å²) < 4.78 is 25.3. The molecule has 0 aliphatic carbocycles. The lowest BCUT2D eigenvalue weighted by Crippen LogP contribution is -2.38. The van der Waals surface area contributed by atoms with Crippen LogP contribution in [0.5, 0.6) is 0 Å².